The number of pyridine rings is 1. The van der Waals surface area contributed by atoms with Gasteiger partial charge in [-0.15, -0.1) is 0 Å². The van der Waals surface area contributed by atoms with E-state index in [9.17, 15) is 4.39 Å². The lowest BCUT2D eigenvalue weighted by Crippen LogP contribution is -2.28. The summed E-state index contributed by atoms with van der Waals surface area (Å²) < 4.78 is 19.1. The van der Waals surface area contributed by atoms with Crippen LogP contribution in [0.4, 0.5) is 15.8 Å². The molecule has 1 aromatic heterocycles. The van der Waals surface area contributed by atoms with Gasteiger partial charge >= 0.3 is 0 Å². The van der Waals surface area contributed by atoms with Crippen molar-refractivity contribution in [2.45, 2.75) is 0 Å². The minimum atomic E-state index is -0.377. The number of nitrogens with one attached hydrogen (secondary N) is 1. The molecule has 21 heavy (non-hydrogen) atoms. The van der Waals surface area contributed by atoms with E-state index in [2.05, 4.69) is 15.2 Å². The normalized spacial score (nSPS) is 11.2. The lowest BCUT2D eigenvalue weighted by molar-refractivity contribution is 0.163. The standard InChI is InChI=1S/C15H21FN4O/c1-20(8-9-21-2)7-6-19-15-12(16)10-13(17)11-4-3-5-18-14(11)15/h3-5,10,19H,6-9,17H2,1-2H3. The van der Waals surface area contributed by atoms with Crippen molar-refractivity contribution in [1.82, 2.24) is 9.88 Å². The molecule has 5 nitrogen and oxygen atoms in total. The lowest BCUT2D eigenvalue weighted by Gasteiger charge is -2.17. The second-order valence-corrected chi connectivity index (χ2v) is 4.95. The molecule has 0 aliphatic rings. The molecule has 1 heterocycles. The van der Waals surface area contributed by atoms with Crippen molar-refractivity contribution < 1.29 is 9.13 Å². The number of hydrogen-bond donors (Lipinski definition) is 2. The van der Waals surface area contributed by atoms with Crippen molar-refractivity contribution >= 4 is 22.3 Å². The molecule has 0 amide bonds. The van der Waals surface area contributed by atoms with E-state index >= 15 is 0 Å². The number of nitrogen functional groups attached to an aromatic ring is 1. The smallest absolute Gasteiger partial charge is 0.150 e. The van der Waals surface area contributed by atoms with E-state index < -0.39 is 0 Å². The van der Waals surface area contributed by atoms with Gasteiger partial charge in [-0.2, -0.15) is 0 Å². The third-order valence-corrected chi connectivity index (χ3v) is 3.35. The van der Waals surface area contributed by atoms with Crippen LogP contribution in [0.25, 0.3) is 10.9 Å². The molecule has 0 aliphatic carbocycles. The Hall–Kier alpha value is -1.92. The third-order valence-electron chi connectivity index (χ3n) is 3.35. The third kappa shape index (κ3) is 3.80. The Kier molecular flexibility index (Phi) is 5.30. The zero-order valence-electron chi connectivity index (χ0n) is 12.4. The van der Waals surface area contributed by atoms with Crippen LogP contribution in [0, 0.1) is 5.82 Å². The van der Waals surface area contributed by atoms with Gasteiger partial charge in [0, 0.05) is 44.0 Å². The van der Waals surface area contributed by atoms with Crippen LogP contribution in [0.15, 0.2) is 24.4 Å². The maximum Gasteiger partial charge on any atom is 0.150 e. The monoisotopic (exact) mass is 292 g/mol. The van der Waals surface area contributed by atoms with Crippen molar-refractivity contribution in [2.75, 3.05) is 51.4 Å². The molecule has 2 aromatic rings. The first-order valence-electron chi connectivity index (χ1n) is 6.87. The Morgan fingerprint density at radius 1 is 1.43 bits per heavy atom. The molecule has 0 unspecified atom stereocenters. The predicted molar refractivity (Wildman–Crippen MR) is 84.0 cm³/mol. The first kappa shape index (κ1) is 15.5. The van der Waals surface area contributed by atoms with Gasteiger partial charge in [0.25, 0.3) is 0 Å². The SMILES string of the molecule is COCCN(C)CCNc1c(F)cc(N)c2cccnc12. The Bertz CT molecular complexity index is 605. The van der Waals surface area contributed by atoms with Gasteiger partial charge in [0.1, 0.15) is 0 Å². The number of benzene rings is 1. The maximum absolute atomic E-state index is 14.1. The van der Waals surface area contributed by atoms with Crippen molar-refractivity contribution in [1.29, 1.82) is 0 Å². The second-order valence-electron chi connectivity index (χ2n) is 4.95. The average Bonchev–Trinajstić information content (AvgIpc) is 2.48. The first-order chi connectivity index (χ1) is 10.1. The van der Waals surface area contributed by atoms with Gasteiger partial charge in [0.2, 0.25) is 0 Å². The largest absolute Gasteiger partial charge is 0.398 e. The highest BCUT2D eigenvalue weighted by atomic mass is 19.1. The molecule has 0 saturated heterocycles. The van der Waals surface area contributed by atoms with Gasteiger partial charge in [-0.05, 0) is 25.2 Å². The molecule has 3 N–H and O–H groups in total. The van der Waals surface area contributed by atoms with E-state index in [4.69, 9.17) is 10.5 Å². The number of hydrogen-bond acceptors (Lipinski definition) is 5. The van der Waals surface area contributed by atoms with Gasteiger partial charge in [-0.25, -0.2) is 4.39 Å². The summed E-state index contributed by atoms with van der Waals surface area (Å²) in [6.45, 7) is 2.91. The van der Waals surface area contributed by atoms with E-state index in [1.165, 1.54) is 6.07 Å². The van der Waals surface area contributed by atoms with Crippen LogP contribution in [0.3, 0.4) is 0 Å². The van der Waals surface area contributed by atoms with Gasteiger partial charge in [0.05, 0.1) is 17.8 Å². The molecule has 0 fully saturated rings. The minimum absolute atomic E-state index is 0.377. The predicted octanol–water partition coefficient (Wildman–Crippen LogP) is 1.95. The molecular formula is C15H21FN4O. The summed E-state index contributed by atoms with van der Waals surface area (Å²) in [7, 11) is 3.67. The fourth-order valence-electron chi connectivity index (χ4n) is 2.14. The van der Waals surface area contributed by atoms with Gasteiger partial charge < -0.3 is 20.7 Å². The summed E-state index contributed by atoms with van der Waals surface area (Å²) in [5.74, 6) is -0.377. The van der Waals surface area contributed by atoms with Gasteiger partial charge in [-0.3, -0.25) is 4.98 Å². The Balaban J connectivity index is 2.08. The van der Waals surface area contributed by atoms with Crippen molar-refractivity contribution in [3.05, 3.63) is 30.2 Å². The van der Waals surface area contributed by atoms with E-state index in [0.717, 1.165) is 18.5 Å². The highest BCUT2D eigenvalue weighted by Crippen LogP contribution is 2.29. The van der Waals surface area contributed by atoms with E-state index in [1.54, 1.807) is 19.4 Å². The average molecular weight is 292 g/mol. The van der Waals surface area contributed by atoms with Gasteiger partial charge in [0.15, 0.2) is 5.82 Å². The molecular weight excluding hydrogens is 271 g/mol. The summed E-state index contributed by atoms with van der Waals surface area (Å²) >= 11 is 0. The summed E-state index contributed by atoms with van der Waals surface area (Å²) in [5.41, 5.74) is 7.20. The fourth-order valence-corrected chi connectivity index (χ4v) is 2.14. The molecule has 2 rings (SSSR count). The lowest BCUT2D eigenvalue weighted by atomic mass is 10.1. The molecule has 114 valence electrons. The molecule has 0 aliphatic heterocycles. The number of ether oxygens (including phenoxy) is 1. The summed E-state index contributed by atoms with van der Waals surface area (Å²) in [6.07, 6.45) is 1.64. The van der Waals surface area contributed by atoms with Gasteiger partial charge in [-0.1, -0.05) is 0 Å². The molecule has 0 saturated carbocycles. The van der Waals surface area contributed by atoms with E-state index in [0.29, 0.717) is 30.0 Å². The van der Waals surface area contributed by atoms with Crippen LogP contribution >= 0.6 is 0 Å². The van der Waals surface area contributed by atoms with Crippen LogP contribution in [0.1, 0.15) is 0 Å². The summed E-state index contributed by atoms with van der Waals surface area (Å²) in [5, 5.41) is 3.87. The number of aromatic nitrogens is 1. The topological polar surface area (TPSA) is 63.4 Å². The van der Waals surface area contributed by atoms with Crippen molar-refractivity contribution in [3.63, 3.8) is 0 Å². The quantitative estimate of drug-likeness (QED) is 0.764. The maximum atomic E-state index is 14.1. The molecule has 6 heteroatoms. The van der Waals surface area contributed by atoms with Crippen LogP contribution in [-0.2, 0) is 4.74 Å². The molecule has 0 atom stereocenters. The van der Waals surface area contributed by atoms with Crippen LogP contribution in [-0.4, -0.2) is 50.3 Å². The Labute approximate surface area is 123 Å². The number of anilines is 2. The summed E-state index contributed by atoms with van der Waals surface area (Å²) in [6, 6.07) is 4.97. The zero-order chi connectivity index (χ0) is 15.2. The number of nitrogens with two attached hydrogens (primary N) is 1. The number of methoxy groups -OCH3 is 1. The minimum Gasteiger partial charge on any atom is -0.398 e. The molecule has 0 spiro atoms. The highest BCUT2D eigenvalue weighted by molar-refractivity contribution is 5.98. The fraction of sp³-hybridized carbons (Fsp3) is 0.400. The van der Waals surface area contributed by atoms with Crippen LogP contribution in [0.2, 0.25) is 0 Å². The highest BCUT2D eigenvalue weighted by Gasteiger charge is 2.11. The van der Waals surface area contributed by atoms with Crippen molar-refractivity contribution in [2.24, 2.45) is 0 Å². The van der Waals surface area contributed by atoms with Crippen molar-refractivity contribution in [3.8, 4) is 0 Å². The number of nitrogens with zero attached hydrogens (tertiary/aromatic N) is 2. The molecule has 1 aromatic carbocycles. The number of rotatable bonds is 7. The molecule has 0 bridgehead atoms. The first-order valence-corrected chi connectivity index (χ1v) is 6.87. The number of fused-ring (bicyclic) bond motifs is 1. The number of likely N-dealkylation sites (N-methyl/N-ethyl adjacent to an activating group) is 1. The zero-order valence-corrected chi connectivity index (χ0v) is 12.4. The molecule has 0 radical (unpaired) electrons. The van der Waals surface area contributed by atoms with Crippen LogP contribution in [0.5, 0.6) is 0 Å². The Morgan fingerprint density at radius 3 is 3.00 bits per heavy atom. The Morgan fingerprint density at radius 2 is 2.24 bits per heavy atom. The summed E-state index contributed by atoms with van der Waals surface area (Å²) in [4.78, 5) is 6.35. The van der Waals surface area contributed by atoms with E-state index in [-0.39, 0.29) is 5.82 Å². The van der Waals surface area contributed by atoms with Crippen LogP contribution < -0.4 is 11.1 Å². The van der Waals surface area contributed by atoms with E-state index in [1.807, 2.05) is 13.1 Å². The number of halogens is 1. The second kappa shape index (κ2) is 7.19.